The van der Waals surface area contributed by atoms with E-state index in [-0.39, 0.29) is 51.2 Å². The molecule has 4 saturated carbocycles. The fourth-order valence-corrected chi connectivity index (χ4v) is 11.1. The zero-order chi connectivity index (χ0) is 29.7. The number of ketones is 1. The summed E-state index contributed by atoms with van der Waals surface area (Å²) in [6.07, 6.45) is 10.4. The number of Topliss-reactive ketones (excluding diaryl/α,β-unsaturated/α-hetero) is 1. The van der Waals surface area contributed by atoms with Crippen molar-refractivity contribution in [3.8, 4) is 0 Å². The highest BCUT2D eigenvalue weighted by molar-refractivity contribution is 5.91. The van der Waals surface area contributed by atoms with Gasteiger partial charge >= 0.3 is 11.9 Å². The van der Waals surface area contributed by atoms with Crippen LogP contribution in [0, 0.1) is 56.2 Å². The lowest BCUT2D eigenvalue weighted by atomic mass is 9.33. The number of hydrogen-bond acceptors (Lipinski definition) is 4. The smallest absolute Gasteiger partial charge is 0.310 e. The molecule has 40 heavy (non-hydrogen) atoms. The van der Waals surface area contributed by atoms with Gasteiger partial charge in [-0.3, -0.25) is 14.4 Å². The first-order valence-electron chi connectivity index (χ1n) is 16.1. The van der Waals surface area contributed by atoms with Gasteiger partial charge in [0, 0.05) is 5.41 Å². The van der Waals surface area contributed by atoms with E-state index < -0.39 is 22.9 Å². The van der Waals surface area contributed by atoms with Crippen LogP contribution in [0.25, 0.3) is 0 Å². The molecule has 0 aromatic rings. The van der Waals surface area contributed by atoms with Crippen molar-refractivity contribution in [2.45, 2.75) is 133 Å². The maximum absolute atomic E-state index is 13.8. The van der Waals surface area contributed by atoms with E-state index in [1.807, 2.05) is 13.8 Å². The fraction of sp³-hybridized carbons (Fsp3) is 0.857. The topological polar surface area (TPSA) is 80.7 Å². The third-order valence-corrected chi connectivity index (χ3v) is 14.0. The van der Waals surface area contributed by atoms with Crippen molar-refractivity contribution in [2.75, 3.05) is 0 Å². The van der Waals surface area contributed by atoms with Crippen molar-refractivity contribution >= 4 is 17.7 Å². The minimum atomic E-state index is -0.691. The van der Waals surface area contributed by atoms with Crippen LogP contribution in [0.4, 0.5) is 0 Å². The molecule has 0 radical (unpaired) electrons. The molecular formula is C35H54O5. The normalized spacial score (nSPS) is 46.0. The lowest BCUT2D eigenvalue weighted by Gasteiger charge is -2.70. The van der Waals surface area contributed by atoms with Gasteiger partial charge < -0.3 is 9.84 Å². The van der Waals surface area contributed by atoms with Crippen molar-refractivity contribution < 1.29 is 24.2 Å². The summed E-state index contributed by atoms with van der Waals surface area (Å²) in [5, 5.41) is 10.6. The number of carbonyl (C=O) groups excluding carboxylic acids is 2. The van der Waals surface area contributed by atoms with Gasteiger partial charge in [-0.15, -0.1) is 0 Å². The van der Waals surface area contributed by atoms with Gasteiger partial charge in [0.1, 0.15) is 0 Å². The molecule has 5 heteroatoms. The Morgan fingerprint density at radius 3 is 2.25 bits per heavy atom. The Labute approximate surface area is 242 Å². The number of carbonyl (C=O) groups is 3. The first kappa shape index (κ1) is 29.8. The second kappa shape index (κ2) is 9.17. The van der Waals surface area contributed by atoms with Crippen LogP contribution >= 0.6 is 0 Å². The molecule has 5 aliphatic carbocycles. The molecule has 5 nitrogen and oxygen atoms in total. The molecule has 0 aromatic heterocycles. The molecule has 4 fully saturated rings. The predicted molar refractivity (Wildman–Crippen MR) is 156 cm³/mol. The van der Waals surface area contributed by atoms with Gasteiger partial charge in [-0.25, -0.2) is 0 Å². The molecule has 0 spiro atoms. The van der Waals surface area contributed by atoms with Crippen LogP contribution in [0.5, 0.6) is 0 Å². The molecule has 2 unspecified atom stereocenters. The van der Waals surface area contributed by atoms with Gasteiger partial charge in [0.25, 0.3) is 0 Å². The minimum Gasteiger partial charge on any atom is -0.481 e. The number of ether oxygens (including phenoxy) is 1. The summed E-state index contributed by atoms with van der Waals surface area (Å²) in [7, 11) is 0. The Kier molecular flexibility index (Phi) is 6.84. The average molecular weight is 555 g/mol. The first-order valence-corrected chi connectivity index (χ1v) is 16.1. The number of carboxylic acid groups (broad SMARTS) is 1. The second-order valence-electron chi connectivity index (χ2n) is 16.7. The van der Waals surface area contributed by atoms with E-state index in [1.165, 1.54) is 5.57 Å². The third-order valence-electron chi connectivity index (χ3n) is 14.0. The Morgan fingerprint density at radius 2 is 1.62 bits per heavy atom. The van der Waals surface area contributed by atoms with Crippen LogP contribution < -0.4 is 0 Å². The van der Waals surface area contributed by atoms with Gasteiger partial charge in [0.2, 0.25) is 0 Å². The molecule has 0 bridgehead atoms. The summed E-state index contributed by atoms with van der Waals surface area (Å²) >= 11 is 0. The van der Waals surface area contributed by atoms with Crippen molar-refractivity contribution in [1.29, 1.82) is 0 Å². The predicted octanol–water partition coefficient (Wildman–Crippen LogP) is 8.01. The van der Waals surface area contributed by atoms with Gasteiger partial charge in [-0.05, 0) is 104 Å². The monoisotopic (exact) mass is 554 g/mol. The van der Waals surface area contributed by atoms with Crippen LogP contribution in [0.15, 0.2) is 11.6 Å². The molecule has 0 aromatic carbocycles. The van der Waals surface area contributed by atoms with Crippen LogP contribution in [0.1, 0.15) is 127 Å². The number of esters is 1. The molecule has 9 atom stereocenters. The van der Waals surface area contributed by atoms with E-state index in [9.17, 15) is 19.5 Å². The maximum atomic E-state index is 13.8. The SMILES string of the molecule is CCC(C)C(=O)OC1C[C@]2(C)[C@H]3CC=C4[C@@H]5CC(C)(C)CC[C@]5(C(=O)O)CC[C@@]4(C)[C@]3(C)CC[C@H]2C(C)(C)C1=O. The second-order valence-corrected chi connectivity index (χ2v) is 16.7. The van der Waals surface area contributed by atoms with Gasteiger partial charge in [0.15, 0.2) is 11.9 Å². The largest absolute Gasteiger partial charge is 0.481 e. The number of allylic oxidation sites excluding steroid dienone is 2. The molecule has 1 N–H and O–H groups in total. The van der Waals surface area contributed by atoms with Crippen LogP contribution in [0.2, 0.25) is 0 Å². The van der Waals surface area contributed by atoms with Gasteiger partial charge in [0.05, 0.1) is 11.3 Å². The molecule has 0 saturated heterocycles. The number of hydrogen-bond donors (Lipinski definition) is 1. The van der Waals surface area contributed by atoms with E-state index in [2.05, 4.69) is 54.5 Å². The quantitative estimate of drug-likeness (QED) is 0.281. The molecule has 224 valence electrons. The molecule has 0 aliphatic heterocycles. The Balaban J connectivity index is 1.56. The zero-order valence-electron chi connectivity index (χ0n) is 26.6. The Morgan fingerprint density at radius 1 is 0.975 bits per heavy atom. The lowest BCUT2D eigenvalue weighted by molar-refractivity contribution is -0.206. The number of carboxylic acids is 1. The Bertz CT molecular complexity index is 1130. The number of aliphatic carboxylic acids is 1. The highest BCUT2D eigenvalue weighted by atomic mass is 16.5. The van der Waals surface area contributed by atoms with Crippen molar-refractivity contribution in [3.63, 3.8) is 0 Å². The van der Waals surface area contributed by atoms with E-state index in [0.29, 0.717) is 18.8 Å². The first-order chi connectivity index (χ1) is 18.4. The highest BCUT2D eigenvalue weighted by Crippen LogP contribution is 2.75. The van der Waals surface area contributed by atoms with Crippen LogP contribution in [-0.4, -0.2) is 28.9 Å². The number of rotatable bonds is 4. The zero-order valence-corrected chi connectivity index (χ0v) is 26.6. The summed E-state index contributed by atoms with van der Waals surface area (Å²) in [6, 6.07) is 0. The van der Waals surface area contributed by atoms with Gasteiger partial charge in [-0.2, -0.15) is 0 Å². The summed E-state index contributed by atoms with van der Waals surface area (Å²) in [4.78, 5) is 39.6. The lowest BCUT2D eigenvalue weighted by Crippen LogP contribution is -2.66. The van der Waals surface area contributed by atoms with Gasteiger partial charge in [-0.1, -0.05) is 74.0 Å². The van der Waals surface area contributed by atoms with E-state index in [1.54, 1.807) is 0 Å². The standard InChI is InChI=1S/C35H54O5/c1-10-21(2)28(37)40-24-20-32(7)25(31(5,6)27(24)36)13-14-34(9)26(32)12-11-22-23-19-30(3,4)15-17-35(23,29(38)39)18-16-33(22,34)8/h11,21,23-26H,10,12-20H2,1-9H3,(H,38,39)/t21?,23-,24?,25-,26+,32-,33+,34+,35-/m0/s1. The molecule has 5 rings (SSSR count). The average Bonchev–Trinajstić information content (AvgIpc) is 2.86. The van der Waals surface area contributed by atoms with E-state index in [0.717, 1.165) is 51.4 Å². The minimum absolute atomic E-state index is 0.00365. The van der Waals surface area contributed by atoms with Crippen molar-refractivity contribution in [1.82, 2.24) is 0 Å². The maximum Gasteiger partial charge on any atom is 0.310 e. The summed E-state index contributed by atoms with van der Waals surface area (Å²) in [5.74, 6) is -0.318. The van der Waals surface area contributed by atoms with Crippen molar-refractivity contribution in [3.05, 3.63) is 11.6 Å². The summed E-state index contributed by atoms with van der Waals surface area (Å²) in [6.45, 7) is 20.0. The highest BCUT2D eigenvalue weighted by Gasteiger charge is 2.70. The molecule has 5 aliphatic rings. The number of fused-ring (bicyclic) bond motifs is 7. The van der Waals surface area contributed by atoms with Crippen LogP contribution in [-0.2, 0) is 19.1 Å². The Hall–Kier alpha value is -1.65. The molecule has 0 amide bonds. The summed E-state index contributed by atoms with van der Waals surface area (Å²) < 4.78 is 6.01. The summed E-state index contributed by atoms with van der Waals surface area (Å²) in [5.41, 5.74) is 0.137. The van der Waals surface area contributed by atoms with E-state index >= 15 is 0 Å². The van der Waals surface area contributed by atoms with Crippen molar-refractivity contribution in [2.24, 2.45) is 56.2 Å². The van der Waals surface area contributed by atoms with E-state index in [4.69, 9.17) is 4.74 Å². The van der Waals surface area contributed by atoms with Crippen LogP contribution in [0.3, 0.4) is 0 Å². The fourth-order valence-electron chi connectivity index (χ4n) is 11.1. The third kappa shape index (κ3) is 3.87. The molecule has 0 heterocycles. The molecular weight excluding hydrogens is 500 g/mol.